The fourth-order valence-corrected chi connectivity index (χ4v) is 4.22. The lowest BCUT2D eigenvalue weighted by atomic mass is 9.83. The SMILES string of the molecule is Cn1ccc(C(NN)C2(N3CCCCC3)CCCC2)n1. The number of likely N-dealkylation sites (tertiary alicyclic amines) is 1. The second-order valence-corrected chi connectivity index (χ2v) is 6.37. The predicted octanol–water partition coefficient (Wildman–Crippen LogP) is 1.72. The summed E-state index contributed by atoms with van der Waals surface area (Å²) in [6, 6.07) is 2.25. The van der Waals surface area contributed by atoms with Gasteiger partial charge in [0.2, 0.25) is 0 Å². The van der Waals surface area contributed by atoms with E-state index >= 15 is 0 Å². The maximum atomic E-state index is 5.96. The third-order valence-corrected chi connectivity index (χ3v) is 5.19. The summed E-state index contributed by atoms with van der Waals surface area (Å²) in [5.74, 6) is 5.96. The van der Waals surface area contributed by atoms with E-state index < -0.39 is 0 Å². The first kappa shape index (κ1) is 14.0. The van der Waals surface area contributed by atoms with E-state index in [1.807, 2.05) is 17.9 Å². The van der Waals surface area contributed by atoms with Crippen molar-refractivity contribution in [1.82, 2.24) is 20.1 Å². The van der Waals surface area contributed by atoms with Gasteiger partial charge in [0.15, 0.2) is 0 Å². The molecule has 0 aromatic carbocycles. The van der Waals surface area contributed by atoms with Crippen molar-refractivity contribution >= 4 is 0 Å². The lowest BCUT2D eigenvalue weighted by Gasteiger charge is -2.47. The monoisotopic (exact) mass is 277 g/mol. The van der Waals surface area contributed by atoms with E-state index in [9.17, 15) is 0 Å². The molecule has 1 saturated carbocycles. The molecule has 2 heterocycles. The molecule has 2 fully saturated rings. The van der Waals surface area contributed by atoms with Gasteiger partial charge in [-0.1, -0.05) is 19.3 Å². The lowest BCUT2D eigenvalue weighted by Crippen LogP contribution is -2.57. The number of aromatic nitrogens is 2. The summed E-state index contributed by atoms with van der Waals surface area (Å²) in [4.78, 5) is 2.70. The van der Waals surface area contributed by atoms with E-state index in [2.05, 4.69) is 21.5 Å². The average molecular weight is 277 g/mol. The number of hydrazine groups is 1. The van der Waals surface area contributed by atoms with Gasteiger partial charge in [0.25, 0.3) is 0 Å². The minimum absolute atomic E-state index is 0.143. The highest BCUT2D eigenvalue weighted by Gasteiger charge is 2.47. The van der Waals surface area contributed by atoms with Crippen molar-refractivity contribution in [2.45, 2.75) is 56.5 Å². The molecule has 5 nitrogen and oxygen atoms in total. The predicted molar refractivity (Wildman–Crippen MR) is 79.9 cm³/mol. The van der Waals surface area contributed by atoms with Gasteiger partial charge in [0.1, 0.15) is 0 Å². The maximum Gasteiger partial charge on any atom is 0.0834 e. The van der Waals surface area contributed by atoms with Crippen LogP contribution in [0.2, 0.25) is 0 Å². The molecule has 1 aliphatic carbocycles. The minimum Gasteiger partial charge on any atom is -0.296 e. The van der Waals surface area contributed by atoms with Crippen LogP contribution in [0.15, 0.2) is 12.3 Å². The molecular weight excluding hydrogens is 250 g/mol. The quantitative estimate of drug-likeness (QED) is 0.650. The zero-order valence-corrected chi connectivity index (χ0v) is 12.5. The van der Waals surface area contributed by atoms with E-state index in [0.717, 1.165) is 5.69 Å². The van der Waals surface area contributed by atoms with Crippen molar-refractivity contribution in [3.8, 4) is 0 Å². The van der Waals surface area contributed by atoms with Gasteiger partial charge in [0, 0.05) is 18.8 Å². The fourth-order valence-electron chi connectivity index (χ4n) is 4.22. The molecule has 0 bridgehead atoms. The van der Waals surface area contributed by atoms with Crippen molar-refractivity contribution in [3.05, 3.63) is 18.0 Å². The van der Waals surface area contributed by atoms with Crippen LogP contribution in [0.4, 0.5) is 0 Å². The Balaban J connectivity index is 1.91. The first-order valence-electron chi connectivity index (χ1n) is 7.97. The van der Waals surface area contributed by atoms with Gasteiger partial charge in [-0.3, -0.25) is 15.4 Å². The first-order valence-corrected chi connectivity index (χ1v) is 7.97. The Hall–Kier alpha value is -0.910. The Labute approximate surface area is 121 Å². The molecule has 1 unspecified atom stereocenters. The number of hydrogen-bond acceptors (Lipinski definition) is 4. The molecule has 3 rings (SSSR count). The highest BCUT2D eigenvalue weighted by Crippen LogP contribution is 2.44. The second kappa shape index (κ2) is 5.84. The van der Waals surface area contributed by atoms with Crippen molar-refractivity contribution in [3.63, 3.8) is 0 Å². The zero-order chi connectivity index (χ0) is 14.0. The number of nitrogens with two attached hydrogens (primary N) is 1. The molecule has 0 amide bonds. The summed E-state index contributed by atoms with van der Waals surface area (Å²) in [7, 11) is 1.97. The summed E-state index contributed by atoms with van der Waals surface area (Å²) >= 11 is 0. The Bertz CT molecular complexity index is 429. The van der Waals surface area contributed by atoms with Crippen LogP contribution in [0.1, 0.15) is 56.7 Å². The molecule has 2 aliphatic rings. The number of aryl methyl sites for hydroxylation is 1. The number of nitrogens with zero attached hydrogens (tertiary/aromatic N) is 3. The highest BCUT2D eigenvalue weighted by atomic mass is 15.3. The van der Waals surface area contributed by atoms with Gasteiger partial charge in [0.05, 0.1) is 11.7 Å². The Morgan fingerprint density at radius 2 is 1.90 bits per heavy atom. The minimum atomic E-state index is 0.143. The Morgan fingerprint density at radius 1 is 1.20 bits per heavy atom. The molecule has 5 heteroatoms. The van der Waals surface area contributed by atoms with Crippen LogP contribution in [-0.4, -0.2) is 33.3 Å². The molecule has 0 spiro atoms. The summed E-state index contributed by atoms with van der Waals surface area (Å²) in [6.45, 7) is 2.43. The topological polar surface area (TPSA) is 59.1 Å². The van der Waals surface area contributed by atoms with Crippen LogP contribution < -0.4 is 11.3 Å². The number of piperidine rings is 1. The van der Waals surface area contributed by atoms with Gasteiger partial charge in [-0.05, 0) is 44.8 Å². The van der Waals surface area contributed by atoms with Crippen molar-refractivity contribution in [1.29, 1.82) is 0 Å². The van der Waals surface area contributed by atoms with Crippen molar-refractivity contribution in [2.75, 3.05) is 13.1 Å². The Morgan fingerprint density at radius 3 is 2.45 bits per heavy atom. The summed E-state index contributed by atoms with van der Waals surface area (Å²) in [5, 5.41) is 4.61. The van der Waals surface area contributed by atoms with Crippen LogP contribution in [0.25, 0.3) is 0 Å². The Kier molecular flexibility index (Phi) is 4.10. The van der Waals surface area contributed by atoms with Gasteiger partial charge in [-0.2, -0.15) is 5.10 Å². The molecule has 3 N–H and O–H groups in total. The molecule has 20 heavy (non-hydrogen) atoms. The maximum absolute atomic E-state index is 5.96. The molecule has 1 aromatic rings. The van der Waals surface area contributed by atoms with E-state index in [4.69, 9.17) is 5.84 Å². The third-order valence-electron chi connectivity index (χ3n) is 5.19. The van der Waals surface area contributed by atoms with Crippen LogP contribution in [-0.2, 0) is 7.05 Å². The normalized spacial score (nSPS) is 24.9. The number of rotatable bonds is 4. The molecule has 1 atom stereocenters. The van der Waals surface area contributed by atoms with E-state index in [-0.39, 0.29) is 11.6 Å². The lowest BCUT2D eigenvalue weighted by molar-refractivity contribution is 0.0346. The van der Waals surface area contributed by atoms with Gasteiger partial charge >= 0.3 is 0 Å². The van der Waals surface area contributed by atoms with E-state index in [1.54, 1.807) is 0 Å². The summed E-state index contributed by atoms with van der Waals surface area (Å²) < 4.78 is 1.87. The van der Waals surface area contributed by atoms with Gasteiger partial charge in [-0.25, -0.2) is 5.43 Å². The standard InChI is InChI=1S/C15H27N5/c1-19-12-7-13(18-19)14(17-16)15(8-3-4-9-15)20-10-5-2-6-11-20/h7,12,14,17H,2-6,8-11,16H2,1H3. The summed E-state index contributed by atoms with van der Waals surface area (Å²) in [6.07, 6.45) is 11.1. The molecule has 0 radical (unpaired) electrons. The molecule has 1 saturated heterocycles. The van der Waals surface area contributed by atoms with Crippen LogP contribution in [0.3, 0.4) is 0 Å². The van der Waals surface area contributed by atoms with Crippen molar-refractivity contribution in [2.24, 2.45) is 12.9 Å². The van der Waals surface area contributed by atoms with Crippen LogP contribution >= 0.6 is 0 Å². The second-order valence-electron chi connectivity index (χ2n) is 6.37. The van der Waals surface area contributed by atoms with Crippen molar-refractivity contribution < 1.29 is 0 Å². The molecule has 1 aromatic heterocycles. The number of nitrogens with one attached hydrogen (secondary N) is 1. The third kappa shape index (κ3) is 2.38. The fraction of sp³-hybridized carbons (Fsp3) is 0.800. The smallest absolute Gasteiger partial charge is 0.0834 e. The highest BCUT2D eigenvalue weighted by molar-refractivity contribution is 5.16. The van der Waals surface area contributed by atoms with E-state index in [0.29, 0.717) is 0 Å². The molecule has 112 valence electrons. The first-order chi connectivity index (χ1) is 9.76. The molecule has 1 aliphatic heterocycles. The van der Waals surface area contributed by atoms with E-state index in [1.165, 1.54) is 58.0 Å². The summed E-state index contributed by atoms with van der Waals surface area (Å²) in [5.41, 5.74) is 4.35. The average Bonchev–Trinajstić information content (AvgIpc) is 3.12. The largest absolute Gasteiger partial charge is 0.296 e. The number of hydrogen-bond donors (Lipinski definition) is 2. The van der Waals surface area contributed by atoms with Gasteiger partial charge in [-0.15, -0.1) is 0 Å². The van der Waals surface area contributed by atoms with Crippen LogP contribution in [0.5, 0.6) is 0 Å². The van der Waals surface area contributed by atoms with Crippen LogP contribution in [0, 0.1) is 0 Å². The molecular formula is C15H27N5. The van der Waals surface area contributed by atoms with Gasteiger partial charge < -0.3 is 0 Å². The zero-order valence-electron chi connectivity index (χ0n) is 12.5.